The molecule has 0 radical (unpaired) electrons. The molecule has 0 aromatic carbocycles. The van der Waals surface area contributed by atoms with Crippen LogP contribution in [0.4, 0.5) is 0 Å². The molecule has 112 valence electrons. The highest BCUT2D eigenvalue weighted by Gasteiger charge is 1.96. The van der Waals surface area contributed by atoms with Crippen LogP contribution in [-0.4, -0.2) is 38.8 Å². The summed E-state index contributed by atoms with van der Waals surface area (Å²) in [6.07, 6.45) is 3.87. The van der Waals surface area contributed by atoms with E-state index in [9.17, 15) is 4.79 Å². The van der Waals surface area contributed by atoms with Crippen molar-refractivity contribution in [1.29, 1.82) is 0 Å². The van der Waals surface area contributed by atoms with E-state index in [1.165, 1.54) is 6.92 Å². The molecule has 3 N–H and O–H groups in total. The van der Waals surface area contributed by atoms with Crippen LogP contribution < -0.4 is 11.1 Å². The third-order valence-electron chi connectivity index (χ3n) is 2.37. The van der Waals surface area contributed by atoms with Crippen LogP contribution >= 0.6 is 0 Å². The molecule has 0 aromatic rings. The van der Waals surface area contributed by atoms with Gasteiger partial charge in [0, 0.05) is 18.4 Å². The topological polar surface area (TPSA) is 73.6 Å². The zero-order chi connectivity index (χ0) is 14.5. The summed E-state index contributed by atoms with van der Waals surface area (Å²) in [5.41, 5.74) is 6.71. The van der Waals surface area contributed by atoms with E-state index in [-0.39, 0.29) is 12.4 Å². The van der Waals surface area contributed by atoms with Crippen LogP contribution in [0.2, 0.25) is 0 Å². The van der Waals surface area contributed by atoms with Gasteiger partial charge in [-0.3, -0.25) is 4.79 Å². The number of carbonyl (C=O) groups excluding carboxylic acids is 1. The third-order valence-corrected chi connectivity index (χ3v) is 2.37. The molecule has 0 saturated carbocycles. The Labute approximate surface area is 116 Å². The van der Waals surface area contributed by atoms with Gasteiger partial charge in [-0.05, 0) is 25.7 Å². The Morgan fingerprint density at radius 2 is 1.95 bits per heavy atom. The molecular formula is C14H28N2O3. The van der Waals surface area contributed by atoms with Crippen LogP contribution in [0.3, 0.4) is 0 Å². The summed E-state index contributed by atoms with van der Waals surface area (Å²) in [6, 6.07) is 0. The minimum atomic E-state index is 0.0312. The van der Waals surface area contributed by atoms with Gasteiger partial charge >= 0.3 is 0 Å². The number of rotatable bonds is 12. The largest absolute Gasteiger partial charge is 0.401 e. The van der Waals surface area contributed by atoms with Crippen molar-refractivity contribution < 1.29 is 14.3 Å². The molecule has 0 aliphatic heterocycles. The van der Waals surface area contributed by atoms with E-state index in [2.05, 4.69) is 19.2 Å². The molecule has 5 nitrogen and oxygen atoms in total. The molecule has 0 atom stereocenters. The van der Waals surface area contributed by atoms with E-state index in [1.54, 1.807) is 0 Å². The highest BCUT2D eigenvalue weighted by atomic mass is 16.5. The maximum atomic E-state index is 10.6. The number of hydrogen-bond acceptors (Lipinski definition) is 5. The lowest BCUT2D eigenvalue weighted by atomic mass is 10.1. The Balaban J connectivity index is 3.30. The van der Waals surface area contributed by atoms with Gasteiger partial charge in [0.2, 0.25) is 0 Å². The first-order valence-corrected chi connectivity index (χ1v) is 6.85. The van der Waals surface area contributed by atoms with Crippen LogP contribution in [-0.2, 0) is 14.3 Å². The van der Waals surface area contributed by atoms with Gasteiger partial charge in [0.25, 0.3) is 0 Å². The first kappa shape index (κ1) is 17.9. The number of nitrogens with one attached hydrogen (secondary N) is 1. The van der Waals surface area contributed by atoms with Crippen molar-refractivity contribution in [2.75, 3.05) is 33.0 Å². The van der Waals surface area contributed by atoms with Gasteiger partial charge in [-0.25, -0.2) is 0 Å². The molecule has 0 rings (SSSR count). The maximum Gasteiger partial charge on any atom is 0.155 e. The van der Waals surface area contributed by atoms with Crippen molar-refractivity contribution in [1.82, 2.24) is 5.32 Å². The normalized spacial score (nSPS) is 11.9. The maximum absolute atomic E-state index is 10.6. The number of carbonyl (C=O) groups is 1. The third kappa shape index (κ3) is 14.9. The fourth-order valence-electron chi connectivity index (χ4n) is 1.30. The van der Waals surface area contributed by atoms with Crippen LogP contribution in [0.25, 0.3) is 0 Å². The smallest absolute Gasteiger partial charge is 0.155 e. The first-order valence-electron chi connectivity index (χ1n) is 6.85. The molecule has 0 amide bonds. The van der Waals surface area contributed by atoms with E-state index >= 15 is 0 Å². The lowest BCUT2D eigenvalue weighted by molar-refractivity contribution is -0.121. The van der Waals surface area contributed by atoms with Crippen LogP contribution in [0, 0.1) is 5.92 Å². The molecule has 0 heterocycles. The lowest BCUT2D eigenvalue weighted by Gasteiger charge is -2.07. The highest BCUT2D eigenvalue weighted by molar-refractivity contribution is 5.76. The van der Waals surface area contributed by atoms with Crippen LogP contribution in [0.1, 0.15) is 33.6 Å². The summed E-state index contributed by atoms with van der Waals surface area (Å²) in [5.74, 6) is 0.703. The molecule has 0 bridgehead atoms. The highest BCUT2D eigenvalue weighted by Crippen LogP contribution is 2.06. The fraction of sp³-hybridized carbons (Fsp3) is 0.786. The Morgan fingerprint density at radius 3 is 2.58 bits per heavy atom. The van der Waals surface area contributed by atoms with Crippen molar-refractivity contribution in [3.8, 4) is 0 Å². The minimum Gasteiger partial charge on any atom is -0.401 e. The SMILES string of the molecule is CC(=O)COCCOCCN/C=C(\N)CCC(C)C. The molecule has 0 aliphatic carbocycles. The second-order valence-electron chi connectivity index (χ2n) is 4.97. The van der Waals surface area contributed by atoms with Crippen molar-refractivity contribution in [3.05, 3.63) is 11.9 Å². The average Bonchev–Trinajstić information content (AvgIpc) is 2.34. The van der Waals surface area contributed by atoms with E-state index < -0.39 is 0 Å². The molecule has 0 fully saturated rings. The fourth-order valence-corrected chi connectivity index (χ4v) is 1.30. The van der Waals surface area contributed by atoms with Gasteiger partial charge in [0.1, 0.15) is 6.61 Å². The van der Waals surface area contributed by atoms with Crippen molar-refractivity contribution >= 4 is 5.78 Å². The van der Waals surface area contributed by atoms with Gasteiger partial charge in [-0.2, -0.15) is 0 Å². The van der Waals surface area contributed by atoms with Gasteiger partial charge in [0.15, 0.2) is 5.78 Å². The average molecular weight is 272 g/mol. The first-order chi connectivity index (χ1) is 9.02. The molecule has 0 unspecified atom stereocenters. The van der Waals surface area contributed by atoms with Gasteiger partial charge < -0.3 is 20.5 Å². The summed E-state index contributed by atoms with van der Waals surface area (Å²) in [4.78, 5) is 10.6. The Hall–Kier alpha value is -1.07. The molecule has 0 saturated heterocycles. The Bertz CT molecular complexity index is 265. The predicted molar refractivity (Wildman–Crippen MR) is 76.7 cm³/mol. The summed E-state index contributed by atoms with van der Waals surface area (Å²) in [7, 11) is 0. The van der Waals surface area contributed by atoms with Gasteiger partial charge in [0.05, 0.1) is 19.8 Å². The van der Waals surface area contributed by atoms with Crippen LogP contribution in [0.15, 0.2) is 11.9 Å². The predicted octanol–water partition coefficient (Wildman–Crippen LogP) is 1.43. The van der Waals surface area contributed by atoms with Gasteiger partial charge in [-0.15, -0.1) is 0 Å². The molecule has 19 heavy (non-hydrogen) atoms. The zero-order valence-corrected chi connectivity index (χ0v) is 12.4. The second kappa shape index (κ2) is 12.0. The van der Waals surface area contributed by atoms with Gasteiger partial charge in [-0.1, -0.05) is 13.8 Å². The van der Waals surface area contributed by atoms with E-state index in [1.807, 2.05) is 6.20 Å². The Morgan fingerprint density at radius 1 is 1.26 bits per heavy atom. The second-order valence-corrected chi connectivity index (χ2v) is 4.97. The number of ketones is 1. The van der Waals surface area contributed by atoms with E-state index in [0.29, 0.717) is 25.7 Å². The number of hydrogen-bond donors (Lipinski definition) is 2. The summed E-state index contributed by atoms with van der Waals surface area (Å²) in [5, 5.41) is 3.11. The van der Waals surface area contributed by atoms with E-state index in [0.717, 1.165) is 25.1 Å². The van der Waals surface area contributed by atoms with Crippen molar-refractivity contribution in [2.24, 2.45) is 11.7 Å². The summed E-state index contributed by atoms with van der Waals surface area (Å²) < 4.78 is 10.4. The molecule has 0 aromatic heterocycles. The van der Waals surface area contributed by atoms with Crippen molar-refractivity contribution in [3.63, 3.8) is 0 Å². The quantitative estimate of drug-likeness (QED) is 0.526. The monoisotopic (exact) mass is 272 g/mol. The number of Topliss-reactive ketones (excluding diaryl/α,β-unsaturated/α-hetero) is 1. The Kier molecular flexibility index (Phi) is 11.3. The van der Waals surface area contributed by atoms with Crippen molar-refractivity contribution in [2.45, 2.75) is 33.6 Å². The van der Waals surface area contributed by atoms with Crippen LogP contribution in [0.5, 0.6) is 0 Å². The number of allylic oxidation sites excluding steroid dienone is 1. The molecular weight excluding hydrogens is 244 g/mol. The number of ether oxygens (including phenoxy) is 2. The van der Waals surface area contributed by atoms with E-state index in [4.69, 9.17) is 15.2 Å². The molecule has 0 aliphatic rings. The molecule has 5 heteroatoms. The zero-order valence-electron chi connectivity index (χ0n) is 12.4. The summed E-state index contributed by atoms with van der Waals surface area (Å²) in [6.45, 7) is 8.29. The minimum absolute atomic E-state index is 0.0312. The molecule has 0 spiro atoms. The lowest BCUT2D eigenvalue weighted by Crippen LogP contribution is -2.18. The summed E-state index contributed by atoms with van der Waals surface area (Å²) >= 11 is 0. The number of nitrogens with two attached hydrogens (primary N) is 1. The standard InChI is InChI=1S/C14H28N2O3/c1-12(2)4-5-14(15)10-16-6-7-18-8-9-19-11-13(3)17/h10,12,16H,4-9,11,15H2,1-3H3/b14-10-.